The van der Waals surface area contributed by atoms with Crippen LogP contribution in [0.1, 0.15) is 36.9 Å². The Morgan fingerprint density at radius 3 is 2.62 bits per heavy atom. The predicted octanol–water partition coefficient (Wildman–Crippen LogP) is 2.48. The highest BCUT2D eigenvalue weighted by molar-refractivity contribution is 7.91. The van der Waals surface area contributed by atoms with Crippen LogP contribution in [0.4, 0.5) is 0 Å². The van der Waals surface area contributed by atoms with Gasteiger partial charge in [0.1, 0.15) is 15.6 Å². The van der Waals surface area contributed by atoms with Crippen LogP contribution in [0.5, 0.6) is 5.75 Å². The maximum atomic E-state index is 11.4. The molecule has 1 aliphatic heterocycles. The lowest BCUT2D eigenvalue weighted by molar-refractivity contribution is 0.385. The number of ether oxygens (including phenoxy) is 1. The zero-order valence-corrected chi connectivity index (χ0v) is 13.9. The van der Waals surface area contributed by atoms with Gasteiger partial charge < -0.3 is 10.1 Å². The minimum Gasteiger partial charge on any atom is -0.496 e. The highest BCUT2D eigenvalue weighted by Crippen LogP contribution is 2.27. The summed E-state index contributed by atoms with van der Waals surface area (Å²) < 4.78 is 28.3. The van der Waals surface area contributed by atoms with Gasteiger partial charge in [0.05, 0.1) is 18.6 Å². The number of methoxy groups -OCH3 is 1. The minimum absolute atomic E-state index is 0.193. The van der Waals surface area contributed by atoms with Gasteiger partial charge in [-0.15, -0.1) is 0 Å². The average molecular weight is 311 g/mol. The van der Waals surface area contributed by atoms with Gasteiger partial charge in [0.25, 0.3) is 0 Å². The van der Waals surface area contributed by atoms with E-state index in [1.807, 2.05) is 12.1 Å². The van der Waals surface area contributed by atoms with E-state index in [9.17, 15) is 8.42 Å². The summed E-state index contributed by atoms with van der Waals surface area (Å²) in [4.78, 5) is 0. The van der Waals surface area contributed by atoms with Gasteiger partial charge in [0.15, 0.2) is 0 Å². The van der Waals surface area contributed by atoms with Crippen LogP contribution in [0.3, 0.4) is 0 Å². The first kappa shape index (κ1) is 16.3. The highest BCUT2D eigenvalue weighted by Gasteiger charge is 2.24. The lowest BCUT2D eigenvalue weighted by Crippen LogP contribution is -2.32. The lowest BCUT2D eigenvalue weighted by Gasteiger charge is -2.25. The van der Waals surface area contributed by atoms with Crippen LogP contribution in [0.25, 0.3) is 0 Å². The minimum atomic E-state index is -2.77. The van der Waals surface area contributed by atoms with E-state index >= 15 is 0 Å². The van der Waals surface area contributed by atoms with Crippen LogP contribution >= 0.6 is 0 Å². The van der Waals surface area contributed by atoms with Crippen molar-refractivity contribution in [3.05, 3.63) is 29.3 Å². The van der Waals surface area contributed by atoms with E-state index in [0.29, 0.717) is 17.4 Å². The molecule has 0 saturated carbocycles. The second-order valence-corrected chi connectivity index (χ2v) is 8.27. The number of benzene rings is 1. The first-order chi connectivity index (χ1) is 9.91. The van der Waals surface area contributed by atoms with Gasteiger partial charge in [-0.05, 0) is 45.2 Å². The summed E-state index contributed by atoms with van der Waals surface area (Å²) in [6.45, 7) is 5.05. The molecule has 0 bridgehead atoms. The SMILES string of the molecule is COc1ccc(C)cc1C(C)NCC1CCS(=O)(=O)CC1. The Hall–Kier alpha value is -1.07. The average Bonchev–Trinajstić information content (AvgIpc) is 2.45. The Morgan fingerprint density at radius 2 is 2.00 bits per heavy atom. The van der Waals surface area contributed by atoms with E-state index in [0.717, 1.165) is 30.7 Å². The van der Waals surface area contributed by atoms with Gasteiger partial charge in [-0.25, -0.2) is 8.42 Å². The fourth-order valence-electron chi connectivity index (χ4n) is 2.79. The molecule has 0 aromatic heterocycles. The monoisotopic (exact) mass is 311 g/mol. The van der Waals surface area contributed by atoms with Gasteiger partial charge in [-0.1, -0.05) is 17.7 Å². The van der Waals surface area contributed by atoms with Crippen LogP contribution < -0.4 is 10.1 Å². The van der Waals surface area contributed by atoms with Gasteiger partial charge in [0, 0.05) is 11.6 Å². The summed E-state index contributed by atoms with van der Waals surface area (Å²) in [5.41, 5.74) is 2.36. The second kappa shape index (κ2) is 6.79. The molecule has 1 atom stereocenters. The maximum absolute atomic E-state index is 11.4. The molecule has 2 rings (SSSR count). The van der Waals surface area contributed by atoms with Crippen LogP contribution in [-0.4, -0.2) is 33.6 Å². The van der Waals surface area contributed by atoms with Crippen molar-refractivity contribution in [3.63, 3.8) is 0 Å². The molecule has 1 fully saturated rings. The summed E-state index contributed by atoms with van der Waals surface area (Å²) >= 11 is 0. The van der Waals surface area contributed by atoms with Gasteiger partial charge in [-0.3, -0.25) is 0 Å². The zero-order chi connectivity index (χ0) is 15.5. The van der Waals surface area contributed by atoms with Crippen molar-refractivity contribution in [2.75, 3.05) is 25.2 Å². The first-order valence-corrected chi connectivity index (χ1v) is 9.32. The van der Waals surface area contributed by atoms with Gasteiger partial charge in [-0.2, -0.15) is 0 Å². The molecule has 0 aliphatic carbocycles. The van der Waals surface area contributed by atoms with Crippen LogP contribution in [-0.2, 0) is 9.84 Å². The molecule has 1 N–H and O–H groups in total. The quantitative estimate of drug-likeness (QED) is 0.907. The Bertz CT molecular complexity index is 569. The third-order valence-electron chi connectivity index (χ3n) is 4.24. The molecule has 1 aromatic carbocycles. The third-order valence-corrected chi connectivity index (χ3v) is 5.95. The fraction of sp³-hybridized carbons (Fsp3) is 0.625. The third kappa shape index (κ3) is 4.45. The number of aryl methyl sites for hydroxylation is 1. The molecule has 0 radical (unpaired) electrons. The van der Waals surface area contributed by atoms with Gasteiger partial charge in [0.2, 0.25) is 0 Å². The van der Waals surface area contributed by atoms with Crippen molar-refractivity contribution in [1.29, 1.82) is 0 Å². The number of hydrogen-bond acceptors (Lipinski definition) is 4. The first-order valence-electron chi connectivity index (χ1n) is 7.49. The molecule has 1 unspecified atom stereocenters. The standard InChI is InChI=1S/C16H25NO3S/c1-12-4-5-16(20-3)15(10-12)13(2)17-11-14-6-8-21(18,19)9-7-14/h4-5,10,13-14,17H,6-9,11H2,1-3H3. The van der Waals surface area contributed by atoms with Gasteiger partial charge >= 0.3 is 0 Å². The molecular weight excluding hydrogens is 286 g/mol. The smallest absolute Gasteiger partial charge is 0.150 e. The Kier molecular flexibility index (Phi) is 5.27. The lowest BCUT2D eigenvalue weighted by atomic mass is 10.0. The highest BCUT2D eigenvalue weighted by atomic mass is 32.2. The zero-order valence-electron chi connectivity index (χ0n) is 13.1. The topological polar surface area (TPSA) is 55.4 Å². The Balaban J connectivity index is 1.93. The maximum Gasteiger partial charge on any atom is 0.150 e. The summed E-state index contributed by atoms with van der Waals surface area (Å²) in [5, 5.41) is 3.52. The summed E-state index contributed by atoms with van der Waals surface area (Å²) in [5.74, 6) is 2.02. The van der Waals surface area contributed by atoms with E-state index in [4.69, 9.17) is 4.74 Å². The molecule has 21 heavy (non-hydrogen) atoms. The number of rotatable bonds is 5. The molecule has 118 valence electrons. The molecule has 4 nitrogen and oxygen atoms in total. The van der Waals surface area contributed by atoms with Crippen LogP contribution in [0.15, 0.2) is 18.2 Å². The molecule has 1 aromatic rings. The number of nitrogens with one attached hydrogen (secondary N) is 1. The van der Waals surface area contributed by atoms with Crippen molar-refractivity contribution in [1.82, 2.24) is 5.32 Å². The predicted molar refractivity (Wildman–Crippen MR) is 85.5 cm³/mol. The van der Waals surface area contributed by atoms with Crippen molar-refractivity contribution >= 4 is 9.84 Å². The normalized spacial score (nSPS) is 20.1. The molecule has 0 spiro atoms. The van der Waals surface area contributed by atoms with E-state index in [2.05, 4.69) is 25.2 Å². The Labute approximate surface area is 127 Å². The summed E-state index contributed by atoms with van der Waals surface area (Å²) in [6, 6.07) is 6.37. The summed E-state index contributed by atoms with van der Waals surface area (Å²) in [7, 11) is -1.08. The second-order valence-electron chi connectivity index (χ2n) is 5.97. The summed E-state index contributed by atoms with van der Waals surface area (Å²) in [6.07, 6.45) is 1.54. The van der Waals surface area contributed by atoms with E-state index < -0.39 is 9.84 Å². The molecule has 1 saturated heterocycles. The van der Waals surface area contributed by atoms with E-state index in [-0.39, 0.29) is 6.04 Å². The number of sulfone groups is 1. The largest absolute Gasteiger partial charge is 0.496 e. The van der Waals surface area contributed by atoms with E-state index in [1.54, 1.807) is 7.11 Å². The molecule has 0 amide bonds. The number of hydrogen-bond donors (Lipinski definition) is 1. The molecule has 1 heterocycles. The van der Waals surface area contributed by atoms with E-state index in [1.165, 1.54) is 5.56 Å². The van der Waals surface area contributed by atoms with Crippen molar-refractivity contribution in [3.8, 4) is 5.75 Å². The van der Waals surface area contributed by atoms with Crippen LogP contribution in [0, 0.1) is 12.8 Å². The molecular formula is C16H25NO3S. The molecule has 5 heteroatoms. The van der Waals surface area contributed by atoms with Crippen molar-refractivity contribution in [2.24, 2.45) is 5.92 Å². The molecule has 1 aliphatic rings. The van der Waals surface area contributed by atoms with Crippen molar-refractivity contribution in [2.45, 2.75) is 32.7 Å². The Morgan fingerprint density at radius 1 is 1.33 bits per heavy atom. The fourth-order valence-corrected chi connectivity index (χ4v) is 4.38. The van der Waals surface area contributed by atoms with Crippen LogP contribution in [0.2, 0.25) is 0 Å². The van der Waals surface area contributed by atoms with Crippen molar-refractivity contribution < 1.29 is 13.2 Å².